The lowest BCUT2D eigenvalue weighted by Gasteiger charge is -2.24. The number of halogens is 1. The second-order valence-corrected chi connectivity index (χ2v) is 7.01. The van der Waals surface area contributed by atoms with E-state index in [0.29, 0.717) is 5.02 Å². The fourth-order valence-corrected chi connectivity index (χ4v) is 3.43. The van der Waals surface area contributed by atoms with E-state index < -0.39 is 0 Å². The molecule has 2 nitrogen and oxygen atoms in total. The molecule has 0 fully saturated rings. The molecular formula is C25H21ClN2. The summed E-state index contributed by atoms with van der Waals surface area (Å²) in [5.41, 5.74) is 5.38. The van der Waals surface area contributed by atoms with Gasteiger partial charge in [0.25, 0.3) is 0 Å². The molecule has 0 aliphatic carbocycles. The molecule has 0 heterocycles. The molecule has 0 spiro atoms. The van der Waals surface area contributed by atoms with Crippen molar-refractivity contribution in [3.8, 4) is 0 Å². The molecule has 0 aliphatic rings. The first-order valence-corrected chi connectivity index (χ1v) is 9.65. The highest BCUT2D eigenvalue weighted by Crippen LogP contribution is 2.35. The third kappa shape index (κ3) is 4.36. The Hall–Kier alpha value is -3.23. The van der Waals surface area contributed by atoms with Gasteiger partial charge in [0.1, 0.15) is 0 Å². The van der Waals surface area contributed by atoms with Crippen LogP contribution in [0.15, 0.2) is 109 Å². The van der Waals surface area contributed by atoms with Crippen LogP contribution < -0.4 is 10.6 Å². The maximum absolute atomic E-state index is 6.40. The molecule has 0 unspecified atom stereocenters. The van der Waals surface area contributed by atoms with E-state index in [0.717, 1.165) is 22.6 Å². The molecule has 0 aliphatic heterocycles. The Balaban J connectivity index is 1.78. The number of benzene rings is 4. The van der Waals surface area contributed by atoms with Gasteiger partial charge in [0.2, 0.25) is 0 Å². The average Bonchev–Trinajstić information content (AvgIpc) is 2.75. The zero-order valence-corrected chi connectivity index (χ0v) is 16.1. The zero-order valence-electron chi connectivity index (χ0n) is 15.3. The smallest absolute Gasteiger partial charge is 0.0788 e. The van der Waals surface area contributed by atoms with Crippen LogP contribution in [0.4, 0.5) is 17.1 Å². The van der Waals surface area contributed by atoms with Crippen LogP contribution in [0.5, 0.6) is 0 Å². The van der Waals surface area contributed by atoms with E-state index in [1.54, 1.807) is 0 Å². The fraction of sp³-hybridized carbons (Fsp3) is 0.0400. The second-order valence-electron chi connectivity index (χ2n) is 6.58. The molecule has 0 saturated heterocycles. The molecule has 4 aromatic rings. The highest BCUT2D eigenvalue weighted by Gasteiger charge is 2.18. The molecule has 138 valence electrons. The van der Waals surface area contributed by atoms with Gasteiger partial charge in [0, 0.05) is 27.6 Å². The topological polar surface area (TPSA) is 24.1 Å². The molecule has 28 heavy (non-hydrogen) atoms. The molecule has 2 N–H and O–H groups in total. The van der Waals surface area contributed by atoms with Crippen LogP contribution in [-0.2, 0) is 0 Å². The van der Waals surface area contributed by atoms with Gasteiger partial charge in [-0.25, -0.2) is 0 Å². The SMILES string of the molecule is Clc1ccc(Nc2ccccc2)c([C@H](Nc2ccccc2)c2ccccc2)c1. The first kappa shape index (κ1) is 18.1. The summed E-state index contributed by atoms with van der Waals surface area (Å²) < 4.78 is 0. The molecule has 4 rings (SSSR count). The van der Waals surface area contributed by atoms with Crippen LogP contribution in [0.25, 0.3) is 0 Å². The van der Waals surface area contributed by atoms with E-state index >= 15 is 0 Å². The van der Waals surface area contributed by atoms with Crippen molar-refractivity contribution in [2.45, 2.75) is 6.04 Å². The maximum Gasteiger partial charge on any atom is 0.0788 e. The van der Waals surface area contributed by atoms with Crippen molar-refractivity contribution in [3.05, 3.63) is 125 Å². The predicted octanol–water partition coefficient (Wildman–Crippen LogP) is 7.29. The molecule has 0 aromatic heterocycles. The van der Waals surface area contributed by atoms with Gasteiger partial charge in [-0.1, -0.05) is 78.3 Å². The first-order valence-electron chi connectivity index (χ1n) is 9.28. The summed E-state index contributed by atoms with van der Waals surface area (Å²) in [6.07, 6.45) is 0. The summed E-state index contributed by atoms with van der Waals surface area (Å²) in [4.78, 5) is 0. The van der Waals surface area contributed by atoms with Crippen molar-refractivity contribution in [2.75, 3.05) is 10.6 Å². The first-order chi connectivity index (χ1) is 13.8. The minimum Gasteiger partial charge on any atom is -0.374 e. The maximum atomic E-state index is 6.40. The van der Waals surface area contributed by atoms with E-state index in [1.165, 1.54) is 5.56 Å². The minimum absolute atomic E-state index is 0.0477. The Morgan fingerprint density at radius 2 is 1.18 bits per heavy atom. The van der Waals surface area contributed by atoms with E-state index in [-0.39, 0.29) is 6.04 Å². The van der Waals surface area contributed by atoms with Gasteiger partial charge in [-0.2, -0.15) is 0 Å². The number of hydrogen-bond acceptors (Lipinski definition) is 2. The molecule has 0 radical (unpaired) electrons. The number of nitrogens with one attached hydrogen (secondary N) is 2. The standard InChI is InChI=1S/C25H21ClN2/c26-20-16-17-24(27-21-12-6-2-7-13-21)23(18-20)25(19-10-4-1-5-11-19)28-22-14-8-3-9-15-22/h1-18,25,27-28H/t25-/m1/s1. The summed E-state index contributed by atoms with van der Waals surface area (Å²) in [5.74, 6) is 0. The van der Waals surface area contributed by atoms with Crippen LogP contribution in [0.1, 0.15) is 17.2 Å². The van der Waals surface area contributed by atoms with Crippen molar-refractivity contribution in [1.82, 2.24) is 0 Å². The normalized spacial score (nSPS) is 11.6. The predicted molar refractivity (Wildman–Crippen MR) is 120 cm³/mol. The Bertz CT molecular complexity index is 1020. The lowest BCUT2D eigenvalue weighted by molar-refractivity contribution is 0.941. The van der Waals surface area contributed by atoms with Crippen molar-refractivity contribution in [1.29, 1.82) is 0 Å². The van der Waals surface area contributed by atoms with Crippen molar-refractivity contribution in [2.24, 2.45) is 0 Å². The molecule has 1 atom stereocenters. The second kappa shape index (κ2) is 8.64. The van der Waals surface area contributed by atoms with E-state index in [4.69, 9.17) is 11.6 Å². The third-order valence-electron chi connectivity index (χ3n) is 4.60. The van der Waals surface area contributed by atoms with Gasteiger partial charge >= 0.3 is 0 Å². The van der Waals surface area contributed by atoms with Gasteiger partial charge in [-0.3, -0.25) is 0 Å². The van der Waals surface area contributed by atoms with Gasteiger partial charge in [-0.05, 0) is 48.0 Å². The van der Waals surface area contributed by atoms with E-state index in [2.05, 4.69) is 59.2 Å². The molecule has 3 heteroatoms. The van der Waals surface area contributed by atoms with Gasteiger partial charge in [0.05, 0.1) is 6.04 Å². The quantitative estimate of drug-likeness (QED) is 0.364. The van der Waals surface area contributed by atoms with Crippen LogP contribution in [0, 0.1) is 0 Å². The van der Waals surface area contributed by atoms with Gasteiger partial charge in [-0.15, -0.1) is 0 Å². The molecular weight excluding hydrogens is 364 g/mol. The number of para-hydroxylation sites is 2. The lowest BCUT2D eigenvalue weighted by Crippen LogP contribution is -2.14. The average molecular weight is 385 g/mol. The summed E-state index contributed by atoms with van der Waals surface area (Å²) in [7, 11) is 0. The fourth-order valence-electron chi connectivity index (χ4n) is 3.25. The Morgan fingerprint density at radius 1 is 0.607 bits per heavy atom. The summed E-state index contributed by atoms with van der Waals surface area (Å²) in [5, 5.41) is 7.92. The number of hydrogen-bond donors (Lipinski definition) is 2. The molecule has 0 bridgehead atoms. The summed E-state index contributed by atoms with van der Waals surface area (Å²) in [6.45, 7) is 0. The minimum atomic E-state index is -0.0477. The Labute approximate surface area is 170 Å². The van der Waals surface area contributed by atoms with E-state index in [1.807, 2.05) is 60.7 Å². The van der Waals surface area contributed by atoms with Gasteiger partial charge < -0.3 is 10.6 Å². The molecule has 0 saturated carbocycles. The highest BCUT2D eigenvalue weighted by atomic mass is 35.5. The van der Waals surface area contributed by atoms with E-state index in [9.17, 15) is 0 Å². The van der Waals surface area contributed by atoms with Crippen LogP contribution in [0.3, 0.4) is 0 Å². The summed E-state index contributed by atoms with van der Waals surface area (Å²) >= 11 is 6.40. The monoisotopic (exact) mass is 384 g/mol. The zero-order chi connectivity index (χ0) is 19.2. The van der Waals surface area contributed by atoms with Crippen LogP contribution in [0.2, 0.25) is 5.02 Å². The van der Waals surface area contributed by atoms with Crippen LogP contribution >= 0.6 is 11.6 Å². The van der Waals surface area contributed by atoms with Crippen molar-refractivity contribution >= 4 is 28.7 Å². The third-order valence-corrected chi connectivity index (χ3v) is 4.83. The Kier molecular flexibility index (Phi) is 5.60. The largest absolute Gasteiger partial charge is 0.374 e. The number of rotatable bonds is 6. The Morgan fingerprint density at radius 3 is 1.82 bits per heavy atom. The van der Waals surface area contributed by atoms with Crippen molar-refractivity contribution in [3.63, 3.8) is 0 Å². The van der Waals surface area contributed by atoms with Crippen LogP contribution in [-0.4, -0.2) is 0 Å². The highest BCUT2D eigenvalue weighted by molar-refractivity contribution is 6.30. The number of anilines is 3. The van der Waals surface area contributed by atoms with Crippen molar-refractivity contribution < 1.29 is 0 Å². The summed E-state index contributed by atoms with van der Waals surface area (Å²) in [6, 6.07) is 36.8. The molecule has 4 aromatic carbocycles. The van der Waals surface area contributed by atoms with Gasteiger partial charge in [0.15, 0.2) is 0 Å². The lowest BCUT2D eigenvalue weighted by atomic mass is 9.96. The molecule has 0 amide bonds.